The first-order valence-electron chi connectivity index (χ1n) is 18.7. The Hall–Kier alpha value is -5.54. The number of nitrogens with zero attached hydrogens (tertiary/aromatic N) is 2. The number of nitrogens with one attached hydrogen (secondary N) is 4. The molecule has 8 rings (SSSR count). The van der Waals surface area contributed by atoms with Crippen LogP contribution in [0.1, 0.15) is 88.1 Å². The predicted molar refractivity (Wildman–Crippen MR) is 202 cm³/mol. The molecule has 14 nitrogen and oxygen atoms in total. The number of fused-ring (bicyclic) bond motifs is 2. The summed E-state index contributed by atoms with van der Waals surface area (Å²) in [6, 6.07) is 23.5. The summed E-state index contributed by atoms with van der Waals surface area (Å²) in [5, 5.41) is 11.5. The topological polar surface area (TPSA) is 179 Å². The van der Waals surface area contributed by atoms with Gasteiger partial charge in [-0.15, -0.1) is 0 Å². The number of hydrogen-bond donors (Lipinski definition) is 4. The monoisotopic (exact) mass is 760 g/mol. The van der Waals surface area contributed by atoms with Gasteiger partial charge in [-0.2, -0.15) is 0 Å². The fourth-order valence-electron chi connectivity index (χ4n) is 8.30. The molecule has 2 aliphatic heterocycles. The van der Waals surface area contributed by atoms with Crippen LogP contribution >= 0.6 is 0 Å². The molecule has 2 saturated heterocycles. The molecule has 9 atom stereocenters. The van der Waals surface area contributed by atoms with E-state index in [2.05, 4.69) is 31.2 Å². The minimum Gasteiger partial charge on any atom is -0.381 e. The molecule has 2 aromatic heterocycles. The van der Waals surface area contributed by atoms with Gasteiger partial charge >= 0.3 is 0 Å². The minimum atomic E-state index is -0.700. The molecule has 0 bridgehead atoms. The number of rotatable bonds is 13. The second-order valence-electron chi connectivity index (χ2n) is 14.7. The van der Waals surface area contributed by atoms with Gasteiger partial charge in [0.15, 0.2) is 0 Å². The Bertz CT molecular complexity index is 2160. The van der Waals surface area contributed by atoms with Gasteiger partial charge in [-0.1, -0.05) is 54.6 Å². The minimum absolute atomic E-state index is 0.0169. The number of methoxy groups -OCH3 is 2. The number of amides is 4. The van der Waals surface area contributed by atoms with Gasteiger partial charge in [0.2, 0.25) is 0 Å². The number of carbonyl (C=O) groups is 4. The van der Waals surface area contributed by atoms with Crippen LogP contribution < -0.4 is 21.3 Å². The summed E-state index contributed by atoms with van der Waals surface area (Å²) in [5.74, 6) is -0.677. The summed E-state index contributed by atoms with van der Waals surface area (Å²) in [6.07, 6.45) is -1.59. The van der Waals surface area contributed by atoms with Crippen LogP contribution in [0.3, 0.4) is 0 Å². The largest absolute Gasteiger partial charge is 0.381 e. The highest BCUT2D eigenvalue weighted by atomic mass is 16.5. The second-order valence-corrected chi connectivity index (χ2v) is 14.7. The summed E-state index contributed by atoms with van der Waals surface area (Å²) in [6.45, 7) is 1.74. The van der Waals surface area contributed by atoms with Crippen LogP contribution in [0.5, 0.6) is 0 Å². The first kappa shape index (κ1) is 37.4. The number of carbonyl (C=O) groups excluding carboxylic acids is 4. The van der Waals surface area contributed by atoms with Crippen LogP contribution in [0.4, 0.5) is 0 Å². The highest BCUT2D eigenvalue weighted by Crippen LogP contribution is 2.55. The molecule has 56 heavy (non-hydrogen) atoms. The molecule has 0 radical (unpaired) electrons. The highest BCUT2D eigenvalue weighted by molar-refractivity contribution is 6.00. The SMILES string of the molecule is CNC(=O)c1cc(C(=O)N[C@H]2[C@@H]3COC[C@@H]32)cc([C@H](OC)c2cccc(C3OC[C@@H]4[C@@H](NC(=O)c5cc(C(=O)NC)nc([C@@H](OC)c6ccccc6)c5)[C@H]34)c2)n1. The first-order valence-corrected chi connectivity index (χ1v) is 18.7. The van der Waals surface area contributed by atoms with E-state index in [9.17, 15) is 19.2 Å². The van der Waals surface area contributed by atoms with Crippen molar-refractivity contribution < 1.29 is 38.1 Å². The van der Waals surface area contributed by atoms with Crippen molar-refractivity contribution in [2.24, 2.45) is 23.7 Å². The van der Waals surface area contributed by atoms with Gasteiger partial charge in [-0.25, -0.2) is 9.97 Å². The van der Waals surface area contributed by atoms with Crippen molar-refractivity contribution in [3.63, 3.8) is 0 Å². The molecule has 4 heterocycles. The van der Waals surface area contributed by atoms with E-state index >= 15 is 0 Å². The average Bonchev–Trinajstić information content (AvgIpc) is 3.86. The fraction of sp³-hybridized carbons (Fsp3) is 0.381. The quantitative estimate of drug-likeness (QED) is 0.158. The Kier molecular flexibility index (Phi) is 10.4. The van der Waals surface area contributed by atoms with Crippen molar-refractivity contribution in [3.05, 3.63) is 129 Å². The summed E-state index contributed by atoms with van der Waals surface area (Å²) in [7, 11) is 6.15. The summed E-state index contributed by atoms with van der Waals surface area (Å²) in [4.78, 5) is 61.9. The molecular formula is C42H44N6O8. The number of aromatic nitrogens is 2. The van der Waals surface area contributed by atoms with E-state index < -0.39 is 24.0 Å². The van der Waals surface area contributed by atoms with Crippen molar-refractivity contribution in [1.29, 1.82) is 0 Å². The zero-order valence-corrected chi connectivity index (χ0v) is 31.5. The van der Waals surface area contributed by atoms with Crippen LogP contribution in [0.25, 0.3) is 0 Å². The van der Waals surface area contributed by atoms with E-state index in [1.54, 1.807) is 26.4 Å². The zero-order chi connectivity index (χ0) is 39.1. The van der Waals surface area contributed by atoms with Gasteiger partial charge in [0, 0.05) is 75.2 Å². The smallest absolute Gasteiger partial charge is 0.269 e. The van der Waals surface area contributed by atoms with Crippen LogP contribution in [-0.2, 0) is 18.9 Å². The van der Waals surface area contributed by atoms with Crippen molar-refractivity contribution in [2.45, 2.75) is 30.4 Å². The predicted octanol–water partition coefficient (Wildman–Crippen LogP) is 3.16. The first-order chi connectivity index (χ1) is 27.2. The normalized spacial score (nSPS) is 25.2. The van der Waals surface area contributed by atoms with Crippen LogP contribution in [0.2, 0.25) is 0 Å². The Balaban J connectivity index is 1.00. The molecule has 1 unspecified atom stereocenters. The molecule has 2 aromatic carbocycles. The average molecular weight is 761 g/mol. The van der Waals surface area contributed by atoms with Crippen molar-refractivity contribution >= 4 is 23.6 Å². The maximum atomic E-state index is 13.8. The Morgan fingerprint density at radius 2 is 1.20 bits per heavy atom. The summed E-state index contributed by atoms with van der Waals surface area (Å²) in [5.41, 5.74) is 4.18. The molecule has 4 N–H and O–H groups in total. The number of hydrogen-bond acceptors (Lipinski definition) is 10. The molecule has 4 fully saturated rings. The Labute approximate surface area is 324 Å². The van der Waals surface area contributed by atoms with Crippen molar-refractivity contribution in [1.82, 2.24) is 31.2 Å². The second kappa shape index (κ2) is 15.5. The molecule has 4 aliphatic rings. The van der Waals surface area contributed by atoms with E-state index in [-0.39, 0.29) is 53.2 Å². The lowest BCUT2D eigenvalue weighted by Gasteiger charge is -2.21. The van der Waals surface area contributed by atoms with Crippen LogP contribution in [-0.4, -0.2) is 93.8 Å². The highest BCUT2D eigenvalue weighted by Gasteiger charge is 2.60. The van der Waals surface area contributed by atoms with Crippen molar-refractivity contribution in [2.75, 3.05) is 48.1 Å². The number of benzene rings is 2. The molecule has 0 spiro atoms. The standard InChI is InChI=1S/C42H44N6O8/c1-43-41(51)31-17-25(14-29(45-31)36(53-3)21-9-6-5-7-10-21)40(50)48-35-28-20-56-38(33(28)35)23-12-8-11-22(13-23)37(54-4)30-15-24(16-32(46-30)42(52)44-2)39(49)47-34-26-18-55-19-27(26)34/h5-17,26-28,33-38H,18-20H2,1-4H3,(H,43,51)(H,44,52)(H,47,49)(H,48,50)/t26-,27+,28-,33+,34+,35+,36-,37+,38?/m0/s1. The third-order valence-corrected chi connectivity index (χ3v) is 11.4. The van der Waals surface area contributed by atoms with E-state index in [1.807, 2.05) is 54.6 Å². The molecule has 4 amide bonds. The maximum absolute atomic E-state index is 13.8. The van der Waals surface area contributed by atoms with Crippen molar-refractivity contribution in [3.8, 4) is 0 Å². The lowest BCUT2D eigenvalue weighted by atomic mass is 9.97. The third-order valence-electron chi connectivity index (χ3n) is 11.4. The molecule has 2 saturated carbocycles. The number of ether oxygens (including phenoxy) is 4. The van der Waals surface area contributed by atoms with E-state index in [1.165, 1.54) is 26.2 Å². The van der Waals surface area contributed by atoms with E-state index in [0.717, 1.165) is 16.7 Å². The van der Waals surface area contributed by atoms with Gasteiger partial charge in [0.05, 0.1) is 37.3 Å². The van der Waals surface area contributed by atoms with E-state index in [0.29, 0.717) is 54.2 Å². The Morgan fingerprint density at radius 1 is 0.643 bits per heavy atom. The fourth-order valence-corrected chi connectivity index (χ4v) is 8.30. The van der Waals surface area contributed by atoms with Gasteiger partial charge in [0.1, 0.15) is 23.6 Å². The molecule has 2 aliphatic carbocycles. The van der Waals surface area contributed by atoms with Crippen LogP contribution in [0, 0.1) is 23.7 Å². The molecule has 4 aromatic rings. The van der Waals surface area contributed by atoms with Gasteiger partial charge in [0.25, 0.3) is 23.6 Å². The maximum Gasteiger partial charge on any atom is 0.269 e. The third kappa shape index (κ3) is 7.16. The molecular weight excluding hydrogens is 716 g/mol. The Morgan fingerprint density at radius 3 is 1.77 bits per heavy atom. The van der Waals surface area contributed by atoms with Gasteiger partial charge in [-0.05, 0) is 41.0 Å². The molecule has 14 heteroatoms. The number of pyridine rings is 2. The zero-order valence-electron chi connectivity index (χ0n) is 31.5. The lowest BCUT2D eigenvalue weighted by molar-refractivity contribution is 0.0685. The van der Waals surface area contributed by atoms with Crippen LogP contribution in [0.15, 0.2) is 78.9 Å². The molecule has 290 valence electrons. The summed E-state index contributed by atoms with van der Waals surface area (Å²) < 4.78 is 23.5. The van der Waals surface area contributed by atoms with E-state index in [4.69, 9.17) is 18.9 Å². The summed E-state index contributed by atoms with van der Waals surface area (Å²) >= 11 is 0. The van der Waals surface area contributed by atoms with Gasteiger partial charge in [-0.3, -0.25) is 19.2 Å². The van der Waals surface area contributed by atoms with Gasteiger partial charge < -0.3 is 40.2 Å². The lowest BCUT2D eigenvalue weighted by Crippen LogP contribution is -2.31.